The Kier molecular flexibility index (Phi) is 5.48. The van der Waals surface area contributed by atoms with Gasteiger partial charge in [0.2, 0.25) is 0 Å². The zero-order chi connectivity index (χ0) is 17.3. The lowest BCUT2D eigenvalue weighted by atomic mass is 9.86. The number of hydrogen-bond acceptors (Lipinski definition) is 4. The zero-order valence-corrected chi connectivity index (χ0v) is 15.2. The highest BCUT2D eigenvalue weighted by Gasteiger charge is 2.39. The average molecular weight is 359 g/mol. The van der Waals surface area contributed by atoms with Crippen LogP contribution in [0.25, 0.3) is 0 Å². The molecule has 3 rings (SSSR count). The van der Waals surface area contributed by atoms with Gasteiger partial charge in [0.25, 0.3) is 10.2 Å². The van der Waals surface area contributed by atoms with Crippen molar-refractivity contribution in [3.05, 3.63) is 0 Å². The topological polar surface area (TPSA) is 90.0 Å². The molecule has 2 saturated carbocycles. The lowest BCUT2D eigenvalue weighted by Crippen LogP contribution is -2.57. The van der Waals surface area contributed by atoms with E-state index in [0.29, 0.717) is 37.8 Å². The number of piperidine rings is 1. The van der Waals surface area contributed by atoms with Gasteiger partial charge in [-0.25, -0.2) is 0 Å². The van der Waals surface area contributed by atoms with Crippen LogP contribution in [0.5, 0.6) is 0 Å². The quantitative estimate of drug-likeness (QED) is 0.671. The number of hydrogen-bond donors (Lipinski definition) is 2. The monoisotopic (exact) mass is 359 g/mol. The average Bonchev–Trinajstić information content (AvgIpc) is 3.26. The van der Waals surface area contributed by atoms with E-state index in [2.05, 4.69) is 11.6 Å². The summed E-state index contributed by atoms with van der Waals surface area (Å²) in [6.45, 7) is 4.24. The van der Waals surface area contributed by atoms with Crippen molar-refractivity contribution in [3.63, 3.8) is 0 Å². The van der Waals surface area contributed by atoms with E-state index in [1.807, 2.05) is 4.90 Å². The van der Waals surface area contributed by atoms with Gasteiger partial charge in [-0.3, -0.25) is 9.69 Å². The van der Waals surface area contributed by atoms with Crippen molar-refractivity contribution in [3.8, 4) is 0 Å². The summed E-state index contributed by atoms with van der Waals surface area (Å²) in [7, 11) is -3.40. The molecule has 2 aliphatic carbocycles. The van der Waals surface area contributed by atoms with Crippen molar-refractivity contribution in [1.29, 1.82) is 0 Å². The van der Waals surface area contributed by atoms with Crippen LogP contribution in [-0.4, -0.2) is 67.0 Å². The molecule has 7 nitrogen and oxygen atoms in total. The highest BCUT2D eigenvalue weighted by atomic mass is 32.2. The Morgan fingerprint density at radius 1 is 1.21 bits per heavy atom. The van der Waals surface area contributed by atoms with Crippen LogP contribution in [0.3, 0.4) is 0 Å². The molecule has 0 aromatic heterocycles. The van der Waals surface area contributed by atoms with E-state index in [1.54, 1.807) is 4.31 Å². The van der Waals surface area contributed by atoms with E-state index in [0.717, 1.165) is 19.4 Å². The predicted octanol–water partition coefficient (Wildman–Crippen LogP) is 0.880. The largest absolute Gasteiger partial charge is 0.480 e. The normalized spacial score (nSPS) is 29.6. The van der Waals surface area contributed by atoms with Gasteiger partial charge in [-0.2, -0.15) is 17.4 Å². The lowest BCUT2D eigenvalue weighted by molar-refractivity contribution is -0.139. The molecule has 3 aliphatic rings. The van der Waals surface area contributed by atoms with Gasteiger partial charge in [0.15, 0.2) is 0 Å². The fraction of sp³-hybridized carbons (Fsp3) is 0.938. The Morgan fingerprint density at radius 3 is 2.38 bits per heavy atom. The molecule has 0 amide bonds. The van der Waals surface area contributed by atoms with Crippen LogP contribution >= 0.6 is 0 Å². The maximum absolute atomic E-state index is 12.4. The van der Waals surface area contributed by atoms with E-state index in [4.69, 9.17) is 5.11 Å². The van der Waals surface area contributed by atoms with Crippen molar-refractivity contribution in [2.24, 2.45) is 11.8 Å². The number of carboxylic acids is 1. The molecule has 1 aliphatic heterocycles. The molecule has 1 saturated heterocycles. The maximum Gasteiger partial charge on any atom is 0.317 e. The molecule has 8 heteroatoms. The van der Waals surface area contributed by atoms with Gasteiger partial charge in [-0.1, -0.05) is 6.92 Å². The number of carbonyl (C=O) groups is 1. The summed E-state index contributed by atoms with van der Waals surface area (Å²) in [6, 6.07) is 0.130. The van der Waals surface area contributed by atoms with Crippen LogP contribution in [0.1, 0.15) is 45.4 Å². The van der Waals surface area contributed by atoms with E-state index >= 15 is 0 Å². The minimum atomic E-state index is -3.40. The molecular weight excluding hydrogens is 330 g/mol. The number of rotatable bonds is 8. The SMILES string of the molecule is CC1CCN(S(=O)(=O)NC2CC(N(CC(=O)O)CC3CC3)C2)CC1. The smallest absolute Gasteiger partial charge is 0.317 e. The van der Waals surface area contributed by atoms with Gasteiger partial charge in [0, 0.05) is 31.7 Å². The molecular formula is C16H29N3O4S. The molecule has 0 spiro atoms. The molecule has 0 radical (unpaired) electrons. The van der Waals surface area contributed by atoms with Crippen molar-refractivity contribution in [2.75, 3.05) is 26.2 Å². The highest BCUT2D eigenvalue weighted by molar-refractivity contribution is 7.87. The van der Waals surface area contributed by atoms with Gasteiger partial charge >= 0.3 is 5.97 Å². The molecule has 24 heavy (non-hydrogen) atoms. The van der Waals surface area contributed by atoms with Gasteiger partial charge in [0.05, 0.1) is 6.54 Å². The highest BCUT2D eigenvalue weighted by Crippen LogP contribution is 2.34. The summed E-state index contributed by atoms with van der Waals surface area (Å²) >= 11 is 0. The maximum atomic E-state index is 12.4. The minimum absolute atomic E-state index is 0.0602. The van der Waals surface area contributed by atoms with Crippen molar-refractivity contribution in [1.82, 2.24) is 13.9 Å². The number of carboxylic acid groups (broad SMARTS) is 1. The van der Waals surface area contributed by atoms with Gasteiger partial charge < -0.3 is 5.11 Å². The Bertz CT molecular complexity index is 550. The summed E-state index contributed by atoms with van der Waals surface area (Å²) in [4.78, 5) is 13.1. The third kappa shape index (κ3) is 4.68. The van der Waals surface area contributed by atoms with Gasteiger partial charge in [-0.15, -0.1) is 0 Å². The van der Waals surface area contributed by atoms with E-state index in [1.165, 1.54) is 12.8 Å². The Hall–Kier alpha value is -0.700. The summed E-state index contributed by atoms with van der Waals surface area (Å²) in [5, 5.41) is 9.07. The number of aliphatic carboxylic acids is 1. The second-order valence-corrected chi connectivity index (χ2v) is 9.50. The Balaban J connectivity index is 1.47. The van der Waals surface area contributed by atoms with Gasteiger partial charge in [0.1, 0.15) is 0 Å². The van der Waals surface area contributed by atoms with Crippen LogP contribution in [0.2, 0.25) is 0 Å². The van der Waals surface area contributed by atoms with E-state index < -0.39 is 16.2 Å². The van der Waals surface area contributed by atoms with Gasteiger partial charge in [-0.05, 0) is 50.4 Å². The molecule has 1 heterocycles. The van der Waals surface area contributed by atoms with Crippen molar-refractivity contribution in [2.45, 2.75) is 57.5 Å². The Labute approximate surface area is 144 Å². The molecule has 2 N–H and O–H groups in total. The summed E-state index contributed by atoms with van der Waals surface area (Å²) in [6.07, 6.45) is 5.63. The molecule has 138 valence electrons. The number of nitrogens with zero attached hydrogens (tertiary/aromatic N) is 2. The summed E-state index contributed by atoms with van der Waals surface area (Å²) < 4.78 is 29.3. The molecule has 0 bridgehead atoms. The first-order valence-electron chi connectivity index (χ1n) is 9.06. The first-order valence-corrected chi connectivity index (χ1v) is 10.5. The standard InChI is InChI=1S/C16H29N3O4S/c1-12-4-6-19(7-5-12)24(22,23)17-14-8-15(9-14)18(11-16(20)21)10-13-2-3-13/h12-15,17H,2-11H2,1H3,(H,20,21). The third-order valence-electron chi connectivity index (χ3n) is 5.56. The fourth-order valence-corrected chi connectivity index (χ4v) is 5.10. The van der Waals surface area contributed by atoms with E-state index in [9.17, 15) is 13.2 Å². The van der Waals surface area contributed by atoms with E-state index in [-0.39, 0.29) is 18.6 Å². The fourth-order valence-electron chi connectivity index (χ4n) is 3.64. The minimum Gasteiger partial charge on any atom is -0.480 e. The van der Waals surface area contributed by atoms with Crippen LogP contribution in [0.4, 0.5) is 0 Å². The molecule has 3 fully saturated rings. The molecule has 0 aromatic rings. The summed E-state index contributed by atoms with van der Waals surface area (Å²) in [5.74, 6) is 0.425. The molecule has 0 aromatic carbocycles. The third-order valence-corrected chi connectivity index (χ3v) is 7.23. The summed E-state index contributed by atoms with van der Waals surface area (Å²) in [5.41, 5.74) is 0. The van der Waals surface area contributed by atoms with Crippen LogP contribution in [0.15, 0.2) is 0 Å². The Morgan fingerprint density at radius 2 is 1.83 bits per heavy atom. The predicted molar refractivity (Wildman–Crippen MR) is 90.8 cm³/mol. The van der Waals surface area contributed by atoms with Crippen molar-refractivity contribution < 1.29 is 18.3 Å². The molecule has 0 unspecified atom stereocenters. The lowest BCUT2D eigenvalue weighted by Gasteiger charge is -2.43. The van der Waals surface area contributed by atoms with Crippen molar-refractivity contribution >= 4 is 16.2 Å². The van der Waals surface area contributed by atoms with Crippen LogP contribution in [0, 0.1) is 11.8 Å². The first kappa shape index (κ1) is 18.1. The van der Waals surface area contributed by atoms with Crippen LogP contribution < -0.4 is 4.72 Å². The first-order chi connectivity index (χ1) is 11.3. The second kappa shape index (κ2) is 7.27. The second-order valence-electron chi connectivity index (χ2n) is 7.79. The van der Waals surface area contributed by atoms with Crippen LogP contribution in [-0.2, 0) is 15.0 Å². The molecule has 0 atom stereocenters. The number of nitrogens with one attached hydrogen (secondary N) is 1. The zero-order valence-electron chi connectivity index (χ0n) is 14.4.